The van der Waals surface area contributed by atoms with E-state index in [-0.39, 0.29) is 24.0 Å². The monoisotopic (exact) mass is 506 g/mol. The van der Waals surface area contributed by atoms with Gasteiger partial charge in [-0.05, 0) is 62.1 Å². The van der Waals surface area contributed by atoms with Gasteiger partial charge in [-0.3, -0.25) is 9.89 Å². The van der Waals surface area contributed by atoms with Gasteiger partial charge >= 0.3 is 0 Å². The number of halogens is 1. The number of aliphatic imine (C=N–C) groups is 1. The van der Waals surface area contributed by atoms with E-state index < -0.39 is 0 Å². The zero-order valence-electron chi connectivity index (χ0n) is 16.7. The zero-order chi connectivity index (χ0) is 18.2. The molecule has 1 aliphatic carbocycles. The molecule has 5 nitrogen and oxygen atoms in total. The topological polar surface area (TPSA) is 48.9 Å². The number of nitrogens with zero attached hydrogens (tertiary/aromatic N) is 2. The fraction of sp³-hybridized carbons (Fsp3) is 0.750. The predicted octanol–water partition coefficient (Wildman–Crippen LogP) is 3.73. The SMILES string of the molecule is CN=C(NCCOCC1CC1)NCC(c1cccs1)N1CCC(C)CC1.I. The van der Waals surface area contributed by atoms with Gasteiger partial charge < -0.3 is 15.4 Å². The summed E-state index contributed by atoms with van der Waals surface area (Å²) in [5.74, 6) is 2.55. The first kappa shape index (κ1) is 22.9. The number of rotatable bonds is 9. The van der Waals surface area contributed by atoms with Crippen LogP contribution in [-0.4, -0.2) is 57.3 Å². The van der Waals surface area contributed by atoms with E-state index in [1.54, 1.807) is 0 Å². The van der Waals surface area contributed by atoms with E-state index in [9.17, 15) is 0 Å². The van der Waals surface area contributed by atoms with Crippen molar-refractivity contribution in [3.05, 3.63) is 22.4 Å². The van der Waals surface area contributed by atoms with Crippen LogP contribution in [0.3, 0.4) is 0 Å². The second-order valence-electron chi connectivity index (χ2n) is 7.65. The standard InChI is InChI=1S/C20H34N4OS.HI/c1-16-7-10-24(11-8-16)18(19-4-3-13-26-19)14-23-20(21-2)22-9-12-25-15-17-5-6-17;/h3-4,13,16-18H,5-12,14-15H2,1-2H3,(H2,21,22,23);1H. The molecule has 0 amide bonds. The molecular formula is C20H35IN4OS. The van der Waals surface area contributed by atoms with Gasteiger partial charge in [-0.1, -0.05) is 13.0 Å². The molecule has 1 saturated carbocycles. The molecule has 1 aliphatic heterocycles. The molecule has 1 aromatic heterocycles. The number of likely N-dealkylation sites (tertiary alicyclic amines) is 1. The number of ether oxygens (including phenoxy) is 1. The van der Waals surface area contributed by atoms with Crippen LogP contribution in [0.5, 0.6) is 0 Å². The minimum atomic E-state index is 0. The third kappa shape index (κ3) is 7.87. The maximum atomic E-state index is 5.69. The summed E-state index contributed by atoms with van der Waals surface area (Å²) in [7, 11) is 1.84. The highest BCUT2D eigenvalue weighted by atomic mass is 127. The lowest BCUT2D eigenvalue weighted by atomic mass is 9.97. The summed E-state index contributed by atoms with van der Waals surface area (Å²) in [5.41, 5.74) is 0. The number of piperidine rings is 1. The lowest BCUT2D eigenvalue weighted by molar-refractivity contribution is 0.128. The van der Waals surface area contributed by atoms with E-state index in [1.807, 2.05) is 18.4 Å². The van der Waals surface area contributed by atoms with Crippen LogP contribution in [0.25, 0.3) is 0 Å². The van der Waals surface area contributed by atoms with Gasteiger partial charge in [-0.15, -0.1) is 35.3 Å². The summed E-state index contributed by atoms with van der Waals surface area (Å²) < 4.78 is 5.69. The summed E-state index contributed by atoms with van der Waals surface area (Å²) in [6, 6.07) is 4.84. The van der Waals surface area contributed by atoms with Gasteiger partial charge in [0.1, 0.15) is 0 Å². The third-order valence-electron chi connectivity index (χ3n) is 5.41. The molecule has 1 aromatic rings. The van der Waals surface area contributed by atoms with Crippen molar-refractivity contribution in [1.82, 2.24) is 15.5 Å². The van der Waals surface area contributed by atoms with Gasteiger partial charge in [0, 0.05) is 31.6 Å². The lowest BCUT2D eigenvalue weighted by Gasteiger charge is -2.36. The summed E-state index contributed by atoms with van der Waals surface area (Å²) >= 11 is 1.86. The maximum absolute atomic E-state index is 5.69. The van der Waals surface area contributed by atoms with E-state index in [0.717, 1.165) is 44.1 Å². The van der Waals surface area contributed by atoms with E-state index in [0.29, 0.717) is 6.04 Å². The molecule has 2 fully saturated rings. The summed E-state index contributed by atoms with van der Waals surface area (Å²) in [5, 5.41) is 9.08. The Morgan fingerprint density at radius 2 is 2.07 bits per heavy atom. The Balaban J connectivity index is 0.00000261. The van der Waals surface area contributed by atoms with Crippen molar-refractivity contribution in [3.8, 4) is 0 Å². The number of thiophene rings is 1. The third-order valence-corrected chi connectivity index (χ3v) is 6.38. The van der Waals surface area contributed by atoms with Crippen molar-refractivity contribution in [3.63, 3.8) is 0 Å². The Kier molecular flexibility index (Phi) is 10.4. The minimum absolute atomic E-state index is 0. The van der Waals surface area contributed by atoms with Crippen molar-refractivity contribution < 1.29 is 4.74 Å². The Labute approximate surface area is 185 Å². The minimum Gasteiger partial charge on any atom is -0.379 e. The fourth-order valence-electron chi connectivity index (χ4n) is 3.42. The van der Waals surface area contributed by atoms with Crippen LogP contribution in [0.15, 0.2) is 22.5 Å². The van der Waals surface area contributed by atoms with Crippen LogP contribution < -0.4 is 10.6 Å². The Morgan fingerprint density at radius 3 is 2.70 bits per heavy atom. The number of nitrogens with one attached hydrogen (secondary N) is 2. The van der Waals surface area contributed by atoms with Gasteiger partial charge in [0.15, 0.2) is 5.96 Å². The van der Waals surface area contributed by atoms with Crippen LogP contribution in [-0.2, 0) is 4.74 Å². The largest absolute Gasteiger partial charge is 0.379 e. The molecule has 7 heteroatoms. The van der Waals surface area contributed by atoms with Gasteiger partial charge in [-0.2, -0.15) is 0 Å². The quantitative estimate of drug-likeness (QED) is 0.232. The van der Waals surface area contributed by atoms with Crippen LogP contribution in [0.4, 0.5) is 0 Å². The summed E-state index contributed by atoms with van der Waals surface area (Å²) in [4.78, 5) is 8.44. The molecule has 27 heavy (non-hydrogen) atoms. The van der Waals surface area contributed by atoms with Gasteiger partial charge in [-0.25, -0.2) is 0 Å². The van der Waals surface area contributed by atoms with Crippen molar-refractivity contribution in [2.75, 3.05) is 46.4 Å². The number of guanidine groups is 1. The maximum Gasteiger partial charge on any atom is 0.191 e. The highest BCUT2D eigenvalue weighted by Gasteiger charge is 2.25. The van der Waals surface area contributed by atoms with Crippen molar-refractivity contribution in [1.29, 1.82) is 0 Å². The molecule has 1 saturated heterocycles. The van der Waals surface area contributed by atoms with Crippen molar-refractivity contribution >= 4 is 41.3 Å². The van der Waals surface area contributed by atoms with Gasteiger partial charge in [0.25, 0.3) is 0 Å². The Morgan fingerprint density at radius 1 is 1.30 bits per heavy atom. The van der Waals surface area contributed by atoms with Gasteiger partial charge in [0.05, 0.1) is 12.6 Å². The molecule has 0 bridgehead atoms. The molecule has 1 atom stereocenters. The number of hydrogen-bond donors (Lipinski definition) is 2. The predicted molar refractivity (Wildman–Crippen MR) is 125 cm³/mol. The van der Waals surface area contributed by atoms with E-state index in [4.69, 9.17) is 4.74 Å². The highest BCUT2D eigenvalue weighted by molar-refractivity contribution is 14.0. The average molecular weight is 506 g/mol. The van der Waals surface area contributed by atoms with E-state index >= 15 is 0 Å². The Hall–Kier alpha value is -0.380. The fourth-order valence-corrected chi connectivity index (χ4v) is 4.28. The molecule has 154 valence electrons. The molecule has 0 aromatic carbocycles. The van der Waals surface area contributed by atoms with E-state index in [1.165, 1.54) is 43.6 Å². The summed E-state index contributed by atoms with van der Waals surface area (Å²) in [6.07, 6.45) is 5.28. The van der Waals surface area contributed by atoms with Crippen LogP contribution in [0, 0.1) is 11.8 Å². The van der Waals surface area contributed by atoms with Crippen LogP contribution in [0.2, 0.25) is 0 Å². The number of hydrogen-bond acceptors (Lipinski definition) is 4. The van der Waals surface area contributed by atoms with Gasteiger partial charge in [0.2, 0.25) is 0 Å². The Bertz CT molecular complexity index is 542. The normalized spacial score (nSPS) is 20.1. The first-order chi connectivity index (χ1) is 12.8. The molecule has 0 radical (unpaired) electrons. The summed E-state index contributed by atoms with van der Waals surface area (Å²) in [6.45, 7) is 8.09. The molecule has 1 unspecified atom stereocenters. The molecule has 3 rings (SSSR count). The molecular weight excluding hydrogens is 471 g/mol. The first-order valence-electron chi connectivity index (χ1n) is 10.1. The highest BCUT2D eigenvalue weighted by Crippen LogP contribution is 2.29. The van der Waals surface area contributed by atoms with Crippen molar-refractivity contribution in [2.45, 2.75) is 38.6 Å². The smallest absolute Gasteiger partial charge is 0.191 e. The second-order valence-corrected chi connectivity index (χ2v) is 8.63. The zero-order valence-corrected chi connectivity index (χ0v) is 19.8. The molecule has 0 spiro atoms. The molecule has 2 aliphatic rings. The van der Waals surface area contributed by atoms with E-state index in [2.05, 4.69) is 45.0 Å². The molecule has 2 heterocycles. The lowest BCUT2D eigenvalue weighted by Crippen LogP contribution is -2.45. The average Bonchev–Trinajstić information content (AvgIpc) is 3.33. The first-order valence-corrected chi connectivity index (χ1v) is 10.9. The van der Waals surface area contributed by atoms with Crippen LogP contribution in [0.1, 0.15) is 43.5 Å². The van der Waals surface area contributed by atoms with Crippen LogP contribution >= 0.6 is 35.3 Å². The molecule has 2 N–H and O–H groups in total. The second kappa shape index (κ2) is 12.2. The van der Waals surface area contributed by atoms with Crippen molar-refractivity contribution in [2.24, 2.45) is 16.8 Å².